The molecule has 2 aliphatic heterocycles. The van der Waals surface area contributed by atoms with E-state index in [4.69, 9.17) is 0 Å². The fourth-order valence-corrected chi connectivity index (χ4v) is 5.78. The van der Waals surface area contributed by atoms with Gasteiger partial charge in [-0.05, 0) is 0 Å². The van der Waals surface area contributed by atoms with E-state index in [-0.39, 0.29) is 29.2 Å². The SMILES string of the molecule is CC(C)C(=O)N1CCN(C(=O)c2cscn2)[C@H]2CS(=O)(=O)C[C@H]21. The third-order valence-electron chi connectivity index (χ3n) is 4.37. The number of thiazole rings is 1. The average molecular weight is 357 g/mol. The molecule has 23 heavy (non-hydrogen) atoms. The number of aromatic nitrogens is 1. The molecule has 0 spiro atoms. The Morgan fingerprint density at radius 2 is 1.83 bits per heavy atom. The van der Waals surface area contributed by atoms with Crippen LogP contribution in [-0.2, 0) is 14.6 Å². The third-order valence-corrected chi connectivity index (χ3v) is 6.65. The van der Waals surface area contributed by atoms with Gasteiger partial charge in [0.15, 0.2) is 9.84 Å². The summed E-state index contributed by atoms with van der Waals surface area (Å²) >= 11 is 1.32. The van der Waals surface area contributed by atoms with Gasteiger partial charge in [-0.3, -0.25) is 9.59 Å². The van der Waals surface area contributed by atoms with Gasteiger partial charge in [-0.1, -0.05) is 13.8 Å². The molecule has 0 N–H and O–H groups in total. The van der Waals surface area contributed by atoms with Gasteiger partial charge >= 0.3 is 0 Å². The Kier molecular flexibility index (Phi) is 4.18. The van der Waals surface area contributed by atoms with Gasteiger partial charge in [0.05, 0.1) is 29.1 Å². The van der Waals surface area contributed by atoms with E-state index in [0.717, 1.165) is 0 Å². The molecular weight excluding hydrogens is 338 g/mol. The van der Waals surface area contributed by atoms with Crippen molar-refractivity contribution in [3.63, 3.8) is 0 Å². The van der Waals surface area contributed by atoms with Crippen LogP contribution in [0.25, 0.3) is 0 Å². The normalized spacial score (nSPS) is 26.4. The summed E-state index contributed by atoms with van der Waals surface area (Å²) in [5, 5.41) is 1.66. The maximum atomic E-state index is 12.6. The summed E-state index contributed by atoms with van der Waals surface area (Å²) in [5.74, 6) is -0.667. The van der Waals surface area contributed by atoms with Gasteiger partial charge in [-0.2, -0.15) is 0 Å². The van der Waals surface area contributed by atoms with Gasteiger partial charge in [0.25, 0.3) is 5.91 Å². The molecule has 0 aliphatic carbocycles. The van der Waals surface area contributed by atoms with Crippen LogP contribution in [-0.4, -0.2) is 71.7 Å². The molecule has 3 heterocycles. The number of carbonyl (C=O) groups is 2. The molecule has 0 aromatic carbocycles. The summed E-state index contributed by atoms with van der Waals surface area (Å²) in [6, 6.07) is -0.933. The number of sulfone groups is 1. The van der Waals surface area contributed by atoms with Crippen molar-refractivity contribution in [2.45, 2.75) is 25.9 Å². The lowest BCUT2D eigenvalue weighted by Gasteiger charge is -2.44. The molecule has 2 aliphatic rings. The standard InChI is InChI=1S/C14H19N3O4S2/c1-9(2)13(18)16-3-4-17(14(19)10-5-22-8-15-10)12-7-23(20,21)6-11(12)16/h5,8-9,11-12H,3-4,6-7H2,1-2H3/t11-,12+/m1/s1. The number of rotatable bonds is 2. The molecule has 3 rings (SSSR count). The lowest BCUT2D eigenvalue weighted by atomic mass is 10.0. The molecule has 1 aromatic rings. The van der Waals surface area contributed by atoms with Crippen molar-refractivity contribution < 1.29 is 18.0 Å². The number of hydrogen-bond donors (Lipinski definition) is 0. The van der Waals surface area contributed by atoms with E-state index < -0.39 is 21.9 Å². The van der Waals surface area contributed by atoms with Crippen LogP contribution in [0.1, 0.15) is 24.3 Å². The summed E-state index contributed by atoms with van der Waals surface area (Å²) in [4.78, 5) is 32.2. The van der Waals surface area contributed by atoms with E-state index in [9.17, 15) is 18.0 Å². The molecule has 0 radical (unpaired) electrons. The Hall–Kier alpha value is -1.48. The molecule has 2 fully saturated rings. The highest BCUT2D eigenvalue weighted by molar-refractivity contribution is 7.91. The van der Waals surface area contributed by atoms with E-state index in [2.05, 4.69) is 4.98 Å². The van der Waals surface area contributed by atoms with Gasteiger partial charge < -0.3 is 9.80 Å². The molecular formula is C14H19N3O4S2. The first-order valence-electron chi connectivity index (χ1n) is 7.50. The highest BCUT2D eigenvalue weighted by atomic mass is 32.2. The van der Waals surface area contributed by atoms with E-state index in [1.165, 1.54) is 11.3 Å². The van der Waals surface area contributed by atoms with Gasteiger partial charge in [0.1, 0.15) is 5.69 Å². The summed E-state index contributed by atoms with van der Waals surface area (Å²) in [5.41, 5.74) is 1.91. The molecule has 9 heteroatoms. The first-order valence-corrected chi connectivity index (χ1v) is 10.3. The monoisotopic (exact) mass is 357 g/mol. The van der Waals surface area contributed by atoms with Crippen LogP contribution in [0.15, 0.2) is 10.9 Å². The fourth-order valence-electron chi connectivity index (χ4n) is 3.28. The summed E-state index contributed by atoms with van der Waals surface area (Å²) in [6.07, 6.45) is 0. The second-order valence-corrected chi connectivity index (χ2v) is 9.14. The van der Waals surface area contributed by atoms with Gasteiger partial charge in [-0.15, -0.1) is 11.3 Å². The number of fused-ring (bicyclic) bond motifs is 1. The maximum absolute atomic E-state index is 12.6. The van der Waals surface area contributed by atoms with Gasteiger partial charge in [0, 0.05) is 24.4 Å². The van der Waals surface area contributed by atoms with Gasteiger partial charge in [-0.25, -0.2) is 13.4 Å². The smallest absolute Gasteiger partial charge is 0.273 e. The molecule has 0 saturated carbocycles. The van der Waals surface area contributed by atoms with Crippen LogP contribution in [0.2, 0.25) is 0 Å². The third kappa shape index (κ3) is 2.99. The Balaban J connectivity index is 1.90. The Labute approximate surface area is 139 Å². The van der Waals surface area contributed by atoms with Crippen molar-refractivity contribution in [3.8, 4) is 0 Å². The second kappa shape index (κ2) is 5.86. The zero-order chi connectivity index (χ0) is 16.8. The zero-order valence-corrected chi connectivity index (χ0v) is 14.6. The number of nitrogens with zero attached hydrogens (tertiary/aromatic N) is 3. The van der Waals surface area contributed by atoms with Crippen LogP contribution in [0.5, 0.6) is 0 Å². The topological polar surface area (TPSA) is 87.7 Å². The van der Waals surface area contributed by atoms with Crippen molar-refractivity contribution in [2.24, 2.45) is 5.92 Å². The van der Waals surface area contributed by atoms with E-state index in [0.29, 0.717) is 18.8 Å². The molecule has 2 atom stereocenters. The summed E-state index contributed by atoms with van der Waals surface area (Å²) in [7, 11) is -3.26. The minimum atomic E-state index is -3.26. The van der Waals surface area contributed by atoms with Crippen LogP contribution in [0.4, 0.5) is 0 Å². The molecule has 1 aromatic heterocycles. The van der Waals surface area contributed by atoms with E-state index in [1.807, 2.05) is 0 Å². The van der Waals surface area contributed by atoms with Crippen LogP contribution < -0.4 is 0 Å². The predicted molar refractivity (Wildman–Crippen MR) is 85.9 cm³/mol. The number of amides is 2. The number of carbonyl (C=O) groups excluding carboxylic acids is 2. The first-order chi connectivity index (χ1) is 10.8. The highest BCUT2D eigenvalue weighted by Crippen LogP contribution is 2.29. The van der Waals surface area contributed by atoms with Crippen molar-refractivity contribution in [1.82, 2.24) is 14.8 Å². The quantitative estimate of drug-likeness (QED) is 0.757. The Morgan fingerprint density at radius 1 is 1.22 bits per heavy atom. The molecule has 2 saturated heterocycles. The maximum Gasteiger partial charge on any atom is 0.273 e. The lowest BCUT2D eigenvalue weighted by Crippen LogP contribution is -2.62. The number of hydrogen-bond acceptors (Lipinski definition) is 6. The van der Waals surface area contributed by atoms with Crippen molar-refractivity contribution in [3.05, 3.63) is 16.6 Å². The predicted octanol–water partition coefficient (Wildman–Crippen LogP) is 0.249. The average Bonchev–Trinajstić information content (AvgIpc) is 3.10. The summed E-state index contributed by atoms with van der Waals surface area (Å²) < 4.78 is 24.2. The molecule has 0 bridgehead atoms. The minimum absolute atomic E-state index is 0.0575. The largest absolute Gasteiger partial charge is 0.335 e. The molecule has 2 amide bonds. The lowest BCUT2D eigenvalue weighted by molar-refractivity contribution is -0.139. The number of piperazine rings is 1. The van der Waals surface area contributed by atoms with Crippen LogP contribution in [0, 0.1) is 5.92 Å². The molecule has 126 valence electrons. The Morgan fingerprint density at radius 3 is 2.39 bits per heavy atom. The van der Waals surface area contributed by atoms with Crippen molar-refractivity contribution >= 4 is 33.0 Å². The zero-order valence-electron chi connectivity index (χ0n) is 13.0. The Bertz CT molecular complexity index is 714. The van der Waals surface area contributed by atoms with Gasteiger partial charge in [0.2, 0.25) is 5.91 Å². The van der Waals surface area contributed by atoms with Crippen molar-refractivity contribution in [2.75, 3.05) is 24.6 Å². The first kappa shape index (κ1) is 16.4. The summed E-state index contributed by atoms with van der Waals surface area (Å²) in [6.45, 7) is 4.30. The minimum Gasteiger partial charge on any atom is -0.335 e. The van der Waals surface area contributed by atoms with E-state index in [1.54, 1.807) is 34.5 Å². The fraction of sp³-hybridized carbons (Fsp3) is 0.643. The second-order valence-electron chi connectivity index (χ2n) is 6.27. The molecule has 7 nitrogen and oxygen atoms in total. The molecule has 0 unspecified atom stereocenters. The van der Waals surface area contributed by atoms with Crippen LogP contribution in [0.3, 0.4) is 0 Å². The van der Waals surface area contributed by atoms with Crippen LogP contribution >= 0.6 is 11.3 Å². The van der Waals surface area contributed by atoms with Crippen molar-refractivity contribution in [1.29, 1.82) is 0 Å². The highest BCUT2D eigenvalue weighted by Gasteiger charge is 2.49. The van der Waals surface area contributed by atoms with E-state index >= 15 is 0 Å².